The van der Waals surface area contributed by atoms with E-state index in [1.807, 2.05) is 18.2 Å². The van der Waals surface area contributed by atoms with E-state index in [1.165, 1.54) is 5.56 Å². The third-order valence-corrected chi connectivity index (χ3v) is 6.73. The topological polar surface area (TPSA) is 58.8 Å². The van der Waals surface area contributed by atoms with Gasteiger partial charge >= 0.3 is 0 Å². The van der Waals surface area contributed by atoms with Crippen LogP contribution in [-0.2, 0) is 6.54 Å². The highest BCUT2D eigenvalue weighted by molar-refractivity contribution is 5.93. The molecule has 1 amide bonds. The fraction of sp³-hybridized carbons (Fsp3) is 0.583. The van der Waals surface area contributed by atoms with Crippen molar-refractivity contribution in [1.82, 2.24) is 15.0 Å². The Morgan fingerprint density at radius 2 is 1.87 bits per heavy atom. The van der Waals surface area contributed by atoms with E-state index >= 15 is 0 Å². The maximum atomic E-state index is 13.3. The van der Waals surface area contributed by atoms with Gasteiger partial charge in [0.2, 0.25) is 0 Å². The minimum atomic E-state index is -0.0390. The highest BCUT2D eigenvalue weighted by Crippen LogP contribution is 2.39. The van der Waals surface area contributed by atoms with E-state index < -0.39 is 0 Å². The highest BCUT2D eigenvalue weighted by Gasteiger charge is 2.45. The Balaban J connectivity index is 1.43. The monoisotopic (exact) mass is 411 g/mol. The smallest absolute Gasteiger partial charge is 0.276 e. The van der Waals surface area contributed by atoms with Crippen LogP contribution in [0.1, 0.15) is 73.7 Å². The molecule has 0 bridgehead atoms. The molecule has 0 N–H and O–H groups in total. The number of carbonyl (C=O) groups excluding carboxylic acids is 1. The van der Waals surface area contributed by atoms with Crippen LogP contribution in [-0.4, -0.2) is 53.1 Å². The Hall–Kier alpha value is -2.34. The molecule has 0 radical (unpaired) electrons. The van der Waals surface area contributed by atoms with E-state index in [-0.39, 0.29) is 17.4 Å². The van der Waals surface area contributed by atoms with Crippen LogP contribution in [0.2, 0.25) is 0 Å². The minimum Gasteiger partial charge on any atom is -0.497 e. The largest absolute Gasteiger partial charge is 0.497 e. The van der Waals surface area contributed by atoms with Crippen molar-refractivity contribution in [2.45, 2.75) is 64.0 Å². The fourth-order valence-corrected chi connectivity index (χ4v) is 4.96. The molecule has 30 heavy (non-hydrogen) atoms. The zero-order valence-electron chi connectivity index (χ0n) is 18.4. The lowest BCUT2D eigenvalue weighted by Crippen LogP contribution is -2.48. The first-order valence-electron chi connectivity index (χ1n) is 11.1. The number of rotatable bonds is 5. The molecule has 1 aromatic carbocycles. The lowest BCUT2D eigenvalue weighted by molar-refractivity contribution is 0.0547. The van der Waals surface area contributed by atoms with Crippen molar-refractivity contribution in [3.05, 3.63) is 47.3 Å². The summed E-state index contributed by atoms with van der Waals surface area (Å²) in [5.41, 5.74) is 1.72. The van der Waals surface area contributed by atoms with Crippen molar-refractivity contribution in [1.29, 1.82) is 0 Å². The summed E-state index contributed by atoms with van der Waals surface area (Å²) in [5.74, 6) is 1.93. The number of carbonyl (C=O) groups is 1. The van der Waals surface area contributed by atoms with Crippen LogP contribution in [0.5, 0.6) is 5.75 Å². The molecule has 2 aromatic rings. The summed E-state index contributed by atoms with van der Waals surface area (Å²) in [4.78, 5) is 17.9. The van der Waals surface area contributed by atoms with Crippen molar-refractivity contribution >= 4 is 5.91 Å². The van der Waals surface area contributed by atoms with Gasteiger partial charge in [0.25, 0.3) is 5.91 Å². The molecule has 2 aliphatic heterocycles. The summed E-state index contributed by atoms with van der Waals surface area (Å²) in [6.45, 7) is 7.93. The zero-order chi connectivity index (χ0) is 21.1. The maximum absolute atomic E-state index is 13.3. The number of likely N-dealkylation sites (tertiary alicyclic amines) is 2. The van der Waals surface area contributed by atoms with Crippen molar-refractivity contribution < 1.29 is 14.1 Å². The van der Waals surface area contributed by atoms with E-state index in [0.717, 1.165) is 69.8 Å². The molecular weight excluding hydrogens is 378 g/mol. The number of nitrogens with zero attached hydrogens (tertiary/aromatic N) is 3. The molecule has 2 fully saturated rings. The summed E-state index contributed by atoms with van der Waals surface area (Å²) < 4.78 is 10.7. The average Bonchev–Trinajstić information content (AvgIpc) is 3.35. The minimum absolute atomic E-state index is 0.0340. The number of aromatic nitrogens is 1. The molecule has 6 heteroatoms. The zero-order valence-corrected chi connectivity index (χ0v) is 18.4. The van der Waals surface area contributed by atoms with Crippen molar-refractivity contribution in [2.75, 3.05) is 26.7 Å². The number of benzene rings is 1. The van der Waals surface area contributed by atoms with E-state index in [2.05, 4.69) is 40.9 Å². The quantitative estimate of drug-likeness (QED) is 0.727. The van der Waals surface area contributed by atoms with Gasteiger partial charge in [0, 0.05) is 37.2 Å². The third kappa shape index (κ3) is 4.24. The Bertz CT molecular complexity index is 861. The number of methoxy groups -OCH3 is 1. The first-order chi connectivity index (χ1) is 14.5. The normalized spacial score (nSPS) is 22.6. The van der Waals surface area contributed by atoms with E-state index in [9.17, 15) is 4.79 Å². The molecule has 1 spiro atoms. The number of ether oxygens (including phenoxy) is 1. The van der Waals surface area contributed by atoms with Crippen molar-refractivity contribution in [3.8, 4) is 5.75 Å². The van der Waals surface area contributed by atoms with Crippen molar-refractivity contribution in [2.24, 2.45) is 0 Å². The first-order valence-corrected chi connectivity index (χ1v) is 11.1. The van der Waals surface area contributed by atoms with Crippen LogP contribution in [0.3, 0.4) is 0 Å². The summed E-state index contributed by atoms with van der Waals surface area (Å²) in [5, 5.41) is 4.08. The molecule has 2 saturated heterocycles. The Morgan fingerprint density at radius 3 is 2.53 bits per heavy atom. The van der Waals surface area contributed by atoms with Gasteiger partial charge in [0.05, 0.1) is 7.11 Å². The van der Waals surface area contributed by atoms with Crippen molar-refractivity contribution in [3.63, 3.8) is 0 Å². The molecule has 6 nitrogen and oxygen atoms in total. The van der Waals surface area contributed by atoms with Gasteiger partial charge in [0.15, 0.2) is 5.69 Å². The SMILES string of the molecule is COc1ccc(CN2CCC[C@]3(CCCN3C(=O)c3cc(C(C)C)on3)CC2)cc1. The summed E-state index contributed by atoms with van der Waals surface area (Å²) in [6, 6.07) is 10.2. The van der Waals surface area contributed by atoms with Crippen LogP contribution < -0.4 is 4.74 Å². The van der Waals surface area contributed by atoms with E-state index in [1.54, 1.807) is 7.11 Å². The van der Waals surface area contributed by atoms with Crippen LogP contribution in [0.15, 0.2) is 34.9 Å². The Labute approximate surface area is 179 Å². The predicted octanol–water partition coefficient (Wildman–Crippen LogP) is 4.47. The van der Waals surface area contributed by atoms with Gasteiger partial charge in [-0.05, 0) is 56.3 Å². The molecule has 162 valence electrons. The lowest BCUT2D eigenvalue weighted by atomic mass is 9.87. The molecular formula is C24H33N3O3. The number of hydrogen-bond acceptors (Lipinski definition) is 5. The average molecular weight is 412 g/mol. The molecule has 0 aliphatic carbocycles. The lowest BCUT2D eigenvalue weighted by Gasteiger charge is -2.37. The molecule has 0 unspecified atom stereocenters. The summed E-state index contributed by atoms with van der Waals surface area (Å²) >= 11 is 0. The number of hydrogen-bond donors (Lipinski definition) is 0. The van der Waals surface area contributed by atoms with Gasteiger partial charge in [0.1, 0.15) is 11.5 Å². The third-order valence-electron chi connectivity index (χ3n) is 6.73. The molecule has 1 atom stereocenters. The molecule has 0 saturated carbocycles. The first kappa shape index (κ1) is 20.9. The Morgan fingerprint density at radius 1 is 1.13 bits per heavy atom. The maximum Gasteiger partial charge on any atom is 0.276 e. The molecule has 2 aliphatic rings. The Kier molecular flexibility index (Phi) is 6.14. The second-order valence-corrected chi connectivity index (χ2v) is 9.03. The molecule has 3 heterocycles. The van der Waals surface area contributed by atoms with Gasteiger partial charge in [-0.2, -0.15) is 0 Å². The van der Waals surface area contributed by atoms with Crippen LogP contribution >= 0.6 is 0 Å². The predicted molar refractivity (Wildman–Crippen MR) is 116 cm³/mol. The molecule has 1 aromatic heterocycles. The van der Waals surface area contributed by atoms with Crippen LogP contribution in [0.4, 0.5) is 0 Å². The number of amides is 1. The van der Waals surface area contributed by atoms with Gasteiger partial charge in [-0.3, -0.25) is 9.69 Å². The summed E-state index contributed by atoms with van der Waals surface area (Å²) in [6.07, 6.45) is 5.34. The highest BCUT2D eigenvalue weighted by atomic mass is 16.5. The van der Waals surface area contributed by atoms with E-state index in [0.29, 0.717) is 5.69 Å². The second kappa shape index (κ2) is 8.80. The van der Waals surface area contributed by atoms with Crippen LogP contribution in [0, 0.1) is 0 Å². The van der Waals surface area contributed by atoms with E-state index in [4.69, 9.17) is 9.26 Å². The standard InChI is InChI=1S/C24H33N3O3/c1-18(2)22-16-21(25-30-22)23(28)27-14-5-11-24(27)10-4-13-26(15-12-24)17-19-6-8-20(29-3)9-7-19/h6-9,16,18H,4-5,10-15,17H2,1-3H3/t24-/m0/s1. The van der Waals surface area contributed by atoms with Crippen LogP contribution in [0.25, 0.3) is 0 Å². The van der Waals surface area contributed by atoms with Gasteiger partial charge in [-0.15, -0.1) is 0 Å². The summed E-state index contributed by atoms with van der Waals surface area (Å²) in [7, 11) is 1.70. The molecule has 4 rings (SSSR count). The van der Waals surface area contributed by atoms with Gasteiger partial charge in [-0.1, -0.05) is 31.1 Å². The van der Waals surface area contributed by atoms with Gasteiger partial charge in [-0.25, -0.2) is 0 Å². The second-order valence-electron chi connectivity index (χ2n) is 9.03. The van der Waals surface area contributed by atoms with Gasteiger partial charge < -0.3 is 14.2 Å². The fourth-order valence-electron chi connectivity index (χ4n) is 4.96.